The molecule has 1 aromatic carbocycles. The molecular formula is C24H39IN4O2. The van der Waals surface area contributed by atoms with E-state index in [9.17, 15) is 4.79 Å². The fourth-order valence-corrected chi connectivity index (χ4v) is 4.27. The maximum atomic E-state index is 12.7. The molecule has 174 valence electrons. The normalized spacial score (nSPS) is 20.4. The van der Waals surface area contributed by atoms with Gasteiger partial charge in [-0.3, -0.25) is 9.79 Å². The van der Waals surface area contributed by atoms with Crippen LogP contribution in [-0.4, -0.2) is 55.6 Å². The first kappa shape index (κ1) is 25.9. The van der Waals surface area contributed by atoms with E-state index in [0.717, 1.165) is 44.9 Å². The average Bonchev–Trinajstić information content (AvgIpc) is 3.45. The van der Waals surface area contributed by atoms with Crippen molar-refractivity contribution in [2.24, 2.45) is 16.8 Å². The highest BCUT2D eigenvalue weighted by atomic mass is 127. The zero-order valence-corrected chi connectivity index (χ0v) is 21.3. The molecule has 1 aliphatic carbocycles. The van der Waals surface area contributed by atoms with E-state index in [1.54, 1.807) is 0 Å². The Balaban J connectivity index is 0.00000341. The summed E-state index contributed by atoms with van der Waals surface area (Å²) in [6.45, 7) is 8.74. The molecule has 2 atom stereocenters. The third-order valence-electron chi connectivity index (χ3n) is 5.96. The van der Waals surface area contributed by atoms with Gasteiger partial charge in [0.25, 0.3) is 0 Å². The highest BCUT2D eigenvalue weighted by Gasteiger charge is 2.32. The van der Waals surface area contributed by atoms with E-state index >= 15 is 0 Å². The second-order valence-corrected chi connectivity index (χ2v) is 8.72. The fourth-order valence-electron chi connectivity index (χ4n) is 4.27. The molecule has 1 aliphatic heterocycles. The quantitative estimate of drug-likeness (QED) is 0.283. The molecule has 2 aliphatic rings. The Labute approximate surface area is 204 Å². The van der Waals surface area contributed by atoms with Crippen LogP contribution in [0.25, 0.3) is 0 Å². The molecule has 0 radical (unpaired) electrons. The summed E-state index contributed by atoms with van der Waals surface area (Å²) >= 11 is 0. The van der Waals surface area contributed by atoms with Gasteiger partial charge in [0.2, 0.25) is 5.91 Å². The van der Waals surface area contributed by atoms with E-state index in [2.05, 4.69) is 41.5 Å². The maximum absolute atomic E-state index is 12.7. The molecule has 1 saturated heterocycles. The van der Waals surface area contributed by atoms with Crippen LogP contribution in [0.3, 0.4) is 0 Å². The van der Waals surface area contributed by atoms with Gasteiger partial charge in [-0.2, -0.15) is 0 Å². The van der Waals surface area contributed by atoms with Gasteiger partial charge in [0.15, 0.2) is 5.96 Å². The fraction of sp³-hybridized carbons (Fsp3) is 0.667. The highest BCUT2D eigenvalue weighted by Crippen LogP contribution is 2.27. The molecule has 0 aromatic heterocycles. The number of hydrogen-bond acceptors (Lipinski definition) is 3. The number of carbonyl (C=O) groups excluding carboxylic acids is 1. The lowest BCUT2D eigenvalue weighted by Crippen LogP contribution is -2.45. The molecule has 0 bridgehead atoms. The Kier molecular flexibility index (Phi) is 11.6. The number of likely N-dealkylation sites (tertiary alicyclic amines) is 1. The van der Waals surface area contributed by atoms with E-state index in [1.165, 1.54) is 18.4 Å². The number of guanidine groups is 1. The van der Waals surface area contributed by atoms with Crippen LogP contribution in [0.1, 0.15) is 51.5 Å². The number of nitrogens with one attached hydrogen (secondary N) is 2. The van der Waals surface area contributed by atoms with Crippen molar-refractivity contribution in [3.63, 3.8) is 0 Å². The van der Waals surface area contributed by atoms with Gasteiger partial charge < -0.3 is 20.3 Å². The minimum atomic E-state index is 0. The predicted octanol–water partition coefficient (Wildman–Crippen LogP) is 3.80. The number of amides is 1. The number of ether oxygens (including phenoxy) is 1. The minimum absolute atomic E-state index is 0. The minimum Gasteiger partial charge on any atom is -0.376 e. The molecule has 3 rings (SSSR count). The number of aliphatic imine (C=N–C) groups is 1. The summed E-state index contributed by atoms with van der Waals surface area (Å²) in [5.74, 6) is 1.81. The Morgan fingerprint density at radius 3 is 2.68 bits per heavy atom. The van der Waals surface area contributed by atoms with Crippen molar-refractivity contribution < 1.29 is 9.53 Å². The molecule has 2 fully saturated rings. The first-order chi connectivity index (χ1) is 14.7. The molecule has 1 saturated carbocycles. The molecule has 1 amide bonds. The number of carbonyl (C=O) groups is 1. The highest BCUT2D eigenvalue weighted by molar-refractivity contribution is 14.0. The van der Waals surface area contributed by atoms with E-state index in [4.69, 9.17) is 9.73 Å². The zero-order valence-electron chi connectivity index (χ0n) is 19.0. The van der Waals surface area contributed by atoms with Crippen molar-refractivity contribution in [2.75, 3.05) is 32.8 Å². The van der Waals surface area contributed by atoms with Crippen LogP contribution in [-0.2, 0) is 16.1 Å². The van der Waals surface area contributed by atoms with Crippen molar-refractivity contribution in [1.29, 1.82) is 0 Å². The van der Waals surface area contributed by atoms with Gasteiger partial charge in [-0.1, -0.05) is 50.1 Å². The first-order valence-corrected chi connectivity index (χ1v) is 11.6. The van der Waals surface area contributed by atoms with E-state index in [-0.39, 0.29) is 35.9 Å². The van der Waals surface area contributed by atoms with Gasteiger partial charge in [-0.15, -0.1) is 24.0 Å². The number of nitrogens with zero attached hydrogens (tertiary/aromatic N) is 2. The van der Waals surface area contributed by atoms with Gasteiger partial charge in [0.05, 0.1) is 13.2 Å². The van der Waals surface area contributed by atoms with Crippen LogP contribution in [0.15, 0.2) is 35.3 Å². The lowest BCUT2D eigenvalue weighted by molar-refractivity contribution is -0.134. The summed E-state index contributed by atoms with van der Waals surface area (Å²) in [5, 5.41) is 6.87. The Morgan fingerprint density at radius 1 is 1.23 bits per heavy atom. The molecule has 1 aromatic rings. The average molecular weight is 543 g/mol. The molecule has 6 nitrogen and oxygen atoms in total. The molecule has 31 heavy (non-hydrogen) atoms. The zero-order chi connectivity index (χ0) is 21.2. The predicted molar refractivity (Wildman–Crippen MR) is 137 cm³/mol. The number of hydrogen-bond donors (Lipinski definition) is 2. The number of halogens is 1. The van der Waals surface area contributed by atoms with Crippen molar-refractivity contribution >= 4 is 35.8 Å². The topological polar surface area (TPSA) is 66.0 Å². The molecule has 2 unspecified atom stereocenters. The van der Waals surface area contributed by atoms with E-state index in [1.807, 2.05) is 18.2 Å². The molecular weight excluding hydrogens is 503 g/mol. The Morgan fingerprint density at radius 2 is 1.97 bits per heavy atom. The van der Waals surface area contributed by atoms with Crippen LogP contribution in [0.2, 0.25) is 0 Å². The number of rotatable bonds is 9. The first-order valence-electron chi connectivity index (χ1n) is 11.6. The summed E-state index contributed by atoms with van der Waals surface area (Å²) in [5.41, 5.74) is 1.20. The number of benzene rings is 1. The van der Waals surface area contributed by atoms with Crippen LogP contribution in [0, 0.1) is 11.8 Å². The van der Waals surface area contributed by atoms with Crippen molar-refractivity contribution in [2.45, 2.75) is 58.6 Å². The van der Waals surface area contributed by atoms with Crippen molar-refractivity contribution in [3.8, 4) is 0 Å². The standard InChI is InChI=1S/C24H38N4O2.HI/c1-3-25-24(26-15-19(2)17-30-18-20-9-5-4-6-10-20)27-22-13-14-28(16-22)23(29)21-11-7-8-12-21;/h4-6,9-10,19,21-22H,3,7-8,11-18H2,1-2H3,(H2,25,26,27);1H. The summed E-state index contributed by atoms with van der Waals surface area (Å²) in [6, 6.07) is 10.5. The molecule has 2 N–H and O–H groups in total. The third-order valence-corrected chi connectivity index (χ3v) is 5.96. The van der Waals surface area contributed by atoms with Crippen LogP contribution in [0.5, 0.6) is 0 Å². The monoisotopic (exact) mass is 542 g/mol. The molecule has 0 spiro atoms. The van der Waals surface area contributed by atoms with Gasteiger partial charge in [-0.25, -0.2) is 0 Å². The Bertz CT molecular complexity index is 679. The van der Waals surface area contributed by atoms with E-state index in [0.29, 0.717) is 31.6 Å². The summed E-state index contributed by atoms with van der Waals surface area (Å²) in [4.78, 5) is 19.5. The van der Waals surface area contributed by atoms with Crippen LogP contribution >= 0.6 is 24.0 Å². The summed E-state index contributed by atoms with van der Waals surface area (Å²) in [6.07, 6.45) is 5.54. The second-order valence-electron chi connectivity index (χ2n) is 8.72. The van der Waals surface area contributed by atoms with Crippen molar-refractivity contribution in [3.05, 3.63) is 35.9 Å². The van der Waals surface area contributed by atoms with Gasteiger partial charge in [0, 0.05) is 38.1 Å². The smallest absolute Gasteiger partial charge is 0.225 e. The largest absolute Gasteiger partial charge is 0.376 e. The van der Waals surface area contributed by atoms with Crippen LogP contribution in [0.4, 0.5) is 0 Å². The third kappa shape index (κ3) is 8.60. The molecule has 1 heterocycles. The summed E-state index contributed by atoms with van der Waals surface area (Å²) in [7, 11) is 0. The van der Waals surface area contributed by atoms with E-state index < -0.39 is 0 Å². The lowest BCUT2D eigenvalue weighted by atomic mass is 10.1. The Hall–Kier alpha value is -1.35. The lowest BCUT2D eigenvalue weighted by Gasteiger charge is -2.21. The van der Waals surface area contributed by atoms with Gasteiger partial charge in [-0.05, 0) is 37.7 Å². The van der Waals surface area contributed by atoms with Gasteiger partial charge in [0.1, 0.15) is 0 Å². The van der Waals surface area contributed by atoms with Crippen LogP contribution < -0.4 is 10.6 Å². The molecule has 7 heteroatoms. The SMILES string of the molecule is CCNC(=NCC(C)COCc1ccccc1)NC1CCN(C(=O)C2CCCC2)C1.I. The maximum Gasteiger partial charge on any atom is 0.225 e. The second kappa shape index (κ2) is 13.9. The summed E-state index contributed by atoms with van der Waals surface area (Å²) < 4.78 is 5.84. The van der Waals surface area contributed by atoms with Gasteiger partial charge >= 0.3 is 0 Å². The van der Waals surface area contributed by atoms with Crippen molar-refractivity contribution in [1.82, 2.24) is 15.5 Å².